The molecule has 0 amide bonds. The van der Waals surface area contributed by atoms with Gasteiger partial charge in [-0.3, -0.25) is 14.5 Å². The molecule has 2 heterocycles. The third-order valence-corrected chi connectivity index (χ3v) is 10.5. The van der Waals surface area contributed by atoms with Gasteiger partial charge in [-0.2, -0.15) is 0 Å². The smallest absolute Gasteiger partial charge is 0.309 e. The number of methoxy groups -OCH3 is 1. The van der Waals surface area contributed by atoms with E-state index in [1.54, 1.807) is 51.3 Å². The summed E-state index contributed by atoms with van der Waals surface area (Å²) in [6.45, 7) is 12.9. The zero-order valence-corrected chi connectivity index (χ0v) is 32.7. The minimum atomic E-state index is -1.47. The van der Waals surface area contributed by atoms with E-state index in [0.29, 0.717) is 17.1 Å². The van der Waals surface area contributed by atoms with Gasteiger partial charge in [-0.15, -0.1) is 0 Å². The first-order valence-corrected chi connectivity index (χ1v) is 18.6. The second-order valence-electron chi connectivity index (χ2n) is 14.8. The van der Waals surface area contributed by atoms with Crippen LogP contribution in [0, 0.1) is 11.8 Å². The molecule has 0 radical (unpaired) electrons. The number of rotatable bonds is 15. The molecule has 292 valence electrons. The van der Waals surface area contributed by atoms with Gasteiger partial charge in [-0.25, -0.2) is 0 Å². The van der Waals surface area contributed by atoms with E-state index in [9.17, 15) is 30.0 Å². The SMILES string of the molecule is CC[C@H](OC)[C@@H](C)[C@H]1O[C@@H]1C(N(CCO)Cc1ccc(Cl)cc1)C(C)(O)/C=C/C=C(\C)[C@H]1OC(=O)C[C@H](O)CC[C@@](C)(O)[C@@H](OC(C)=O)/C=C/[C@@H]1C. The number of cyclic esters (lactones) is 1. The molecule has 2 aliphatic heterocycles. The van der Waals surface area contributed by atoms with Crippen LogP contribution < -0.4 is 0 Å². The largest absolute Gasteiger partial charge is 0.457 e. The van der Waals surface area contributed by atoms with Gasteiger partial charge in [-0.1, -0.05) is 68.8 Å². The Hall–Kier alpha value is -2.61. The maximum absolute atomic E-state index is 12.9. The van der Waals surface area contributed by atoms with Gasteiger partial charge in [-0.05, 0) is 69.4 Å². The lowest BCUT2D eigenvalue weighted by Crippen LogP contribution is -2.54. The lowest BCUT2D eigenvalue weighted by atomic mass is 9.86. The van der Waals surface area contributed by atoms with E-state index < -0.39 is 53.4 Å². The number of hydrogen-bond donors (Lipinski definition) is 4. The van der Waals surface area contributed by atoms with Gasteiger partial charge in [0.15, 0.2) is 0 Å². The highest BCUT2D eigenvalue weighted by Gasteiger charge is 2.56. The normalized spacial score (nSPS) is 31.1. The van der Waals surface area contributed by atoms with Crippen molar-refractivity contribution in [3.8, 4) is 0 Å². The van der Waals surface area contributed by atoms with Gasteiger partial charge in [0.25, 0.3) is 0 Å². The molecule has 0 aromatic heterocycles. The fourth-order valence-corrected chi connectivity index (χ4v) is 7.30. The Bertz CT molecular complexity index is 1390. The molecule has 1 saturated heterocycles. The molecule has 2 unspecified atom stereocenters. The van der Waals surface area contributed by atoms with E-state index in [1.807, 2.05) is 36.1 Å². The van der Waals surface area contributed by atoms with Crippen LogP contribution in [0.4, 0.5) is 0 Å². The van der Waals surface area contributed by atoms with Gasteiger partial charge in [0, 0.05) is 44.0 Å². The molecule has 11 nitrogen and oxygen atoms in total. The molecule has 3 rings (SSSR count). The first-order chi connectivity index (χ1) is 24.4. The van der Waals surface area contributed by atoms with E-state index in [2.05, 4.69) is 13.8 Å². The van der Waals surface area contributed by atoms with Crippen LogP contribution in [-0.4, -0.2) is 111 Å². The lowest BCUT2D eigenvalue weighted by Gasteiger charge is -2.39. The number of ether oxygens (including phenoxy) is 4. The molecule has 0 aliphatic carbocycles. The van der Waals surface area contributed by atoms with Crippen molar-refractivity contribution in [3.05, 3.63) is 70.8 Å². The number of nitrogens with zero attached hydrogens (tertiary/aromatic N) is 1. The molecule has 52 heavy (non-hydrogen) atoms. The Morgan fingerprint density at radius 3 is 2.48 bits per heavy atom. The minimum absolute atomic E-state index is 0.0227. The van der Waals surface area contributed by atoms with E-state index in [-0.39, 0.29) is 56.6 Å². The summed E-state index contributed by atoms with van der Waals surface area (Å²) >= 11 is 6.15. The molecule has 1 aromatic rings. The first-order valence-electron chi connectivity index (χ1n) is 18.2. The predicted molar refractivity (Wildman–Crippen MR) is 199 cm³/mol. The summed E-state index contributed by atoms with van der Waals surface area (Å²) in [7, 11) is 1.69. The van der Waals surface area contributed by atoms with E-state index in [1.165, 1.54) is 13.8 Å². The molecule has 11 atom stereocenters. The molecule has 0 bridgehead atoms. The van der Waals surface area contributed by atoms with E-state index in [0.717, 1.165) is 12.0 Å². The molecule has 1 aromatic carbocycles. The average Bonchev–Trinajstić information content (AvgIpc) is 3.85. The number of esters is 2. The average molecular weight is 750 g/mol. The Labute approximate surface area is 314 Å². The highest BCUT2D eigenvalue weighted by Crippen LogP contribution is 2.41. The summed E-state index contributed by atoms with van der Waals surface area (Å²) < 4.78 is 23.3. The van der Waals surface area contributed by atoms with Crippen LogP contribution in [0.3, 0.4) is 0 Å². The number of allylic oxidation sites excluding steroid dienone is 2. The highest BCUT2D eigenvalue weighted by atomic mass is 35.5. The van der Waals surface area contributed by atoms with Crippen molar-refractivity contribution in [1.82, 2.24) is 4.90 Å². The standard InChI is InChI=1S/C40H60ClNO10/c1-9-32(49-8)27(4)36-37(52-36)38(42(21-22-43)24-29-13-15-30(41)16-14-29)40(7,48)19-10-11-25(2)35-26(3)12-17-33(50-28(5)44)39(6,47)20-18-31(45)23-34(46)51-35/h10-17,19,26-27,31-33,35-38,43,45,47-48H,9,18,20-24H2,1-8H3/b17-12+,19-10+,25-11+/t26-,27+,31+,32-,33-,35+,36+,37-,38?,39+,40?/m0/s1. The molecule has 12 heteroatoms. The third-order valence-electron chi connectivity index (χ3n) is 10.2. The Morgan fingerprint density at radius 1 is 1.21 bits per heavy atom. The molecule has 1 fully saturated rings. The second kappa shape index (κ2) is 19.6. The Kier molecular flexibility index (Phi) is 16.5. The second-order valence-corrected chi connectivity index (χ2v) is 15.2. The molecule has 0 saturated carbocycles. The summed E-state index contributed by atoms with van der Waals surface area (Å²) in [4.78, 5) is 26.8. The number of epoxide rings is 1. The van der Waals surface area contributed by atoms with Crippen molar-refractivity contribution >= 4 is 23.5 Å². The van der Waals surface area contributed by atoms with Crippen LogP contribution in [0.15, 0.2) is 60.2 Å². The van der Waals surface area contributed by atoms with Crippen molar-refractivity contribution in [3.63, 3.8) is 0 Å². The van der Waals surface area contributed by atoms with Crippen molar-refractivity contribution in [2.24, 2.45) is 11.8 Å². The van der Waals surface area contributed by atoms with E-state index in [4.69, 9.17) is 30.5 Å². The van der Waals surface area contributed by atoms with Crippen molar-refractivity contribution in [2.75, 3.05) is 20.3 Å². The summed E-state index contributed by atoms with van der Waals surface area (Å²) in [6.07, 6.45) is 5.88. The third kappa shape index (κ3) is 12.5. The maximum atomic E-state index is 12.9. The van der Waals surface area contributed by atoms with Crippen LogP contribution in [-0.2, 0) is 35.1 Å². The van der Waals surface area contributed by atoms with Crippen molar-refractivity contribution in [2.45, 2.75) is 135 Å². The fraction of sp³-hybridized carbons (Fsp3) is 0.650. The minimum Gasteiger partial charge on any atom is -0.457 e. The molecule has 2 aliphatic rings. The number of carbonyl (C=O) groups excluding carboxylic acids is 2. The fourth-order valence-electron chi connectivity index (χ4n) is 7.17. The number of aliphatic hydroxyl groups is 4. The summed E-state index contributed by atoms with van der Waals surface area (Å²) in [5.74, 6) is -1.51. The lowest BCUT2D eigenvalue weighted by molar-refractivity contribution is -0.157. The van der Waals surface area contributed by atoms with Crippen LogP contribution >= 0.6 is 11.6 Å². The van der Waals surface area contributed by atoms with Crippen LogP contribution in [0.1, 0.15) is 79.7 Å². The van der Waals surface area contributed by atoms with Gasteiger partial charge in [0.05, 0.1) is 43.0 Å². The van der Waals surface area contributed by atoms with Gasteiger partial charge in [0.1, 0.15) is 23.9 Å². The molecular weight excluding hydrogens is 690 g/mol. The number of carbonyl (C=O) groups is 2. The summed E-state index contributed by atoms with van der Waals surface area (Å²) in [5, 5.41) is 44.6. The zero-order chi connectivity index (χ0) is 38.8. The van der Waals surface area contributed by atoms with Gasteiger partial charge < -0.3 is 39.4 Å². The van der Waals surface area contributed by atoms with Crippen molar-refractivity contribution in [1.29, 1.82) is 0 Å². The highest BCUT2D eigenvalue weighted by molar-refractivity contribution is 6.30. The maximum Gasteiger partial charge on any atom is 0.309 e. The van der Waals surface area contributed by atoms with Crippen LogP contribution in [0.25, 0.3) is 0 Å². The number of hydrogen-bond acceptors (Lipinski definition) is 11. The first kappa shape index (κ1) is 43.8. The monoisotopic (exact) mass is 749 g/mol. The Balaban J connectivity index is 1.96. The van der Waals surface area contributed by atoms with E-state index >= 15 is 0 Å². The number of aliphatic hydroxyl groups excluding tert-OH is 2. The molecule has 4 N–H and O–H groups in total. The quantitative estimate of drug-likeness (QED) is 0.0836. The number of benzene rings is 1. The summed E-state index contributed by atoms with van der Waals surface area (Å²) in [5.41, 5.74) is -1.31. The summed E-state index contributed by atoms with van der Waals surface area (Å²) in [6, 6.07) is 6.89. The van der Waals surface area contributed by atoms with Crippen molar-refractivity contribution < 1.29 is 49.0 Å². The van der Waals surface area contributed by atoms with Gasteiger partial charge >= 0.3 is 11.9 Å². The number of halogens is 1. The zero-order valence-electron chi connectivity index (χ0n) is 31.9. The van der Waals surface area contributed by atoms with Crippen LogP contribution in [0.2, 0.25) is 5.02 Å². The predicted octanol–water partition coefficient (Wildman–Crippen LogP) is 4.92. The van der Waals surface area contributed by atoms with Gasteiger partial charge in [0.2, 0.25) is 0 Å². The molecule has 0 spiro atoms. The Morgan fingerprint density at radius 2 is 1.88 bits per heavy atom. The molecular formula is C40H60ClNO10. The van der Waals surface area contributed by atoms with Crippen LogP contribution in [0.5, 0.6) is 0 Å². The topological polar surface area (TPSA) is 159 Å².